The van der Waals surface area contributed by atoms with Crippen LogP contribution >= 0.6 is 0 Å². The Bertz CT molecular complexity index is 971. The predicted octanol–water partition coefficient (Wildman–Crippen LogP) is 3.65. The Balaban J connectivity index is 1.60. The van der Waals surface area contributed by atoms with Gasteiger partial charge in [0.25, 0.3) is 10.0 Å². The third kappa shape index (κ3) is 4.19. The van der Waals surface area contributed by atoms with E-state index in [9.17, 15) is 13.5 Å². The van der Waals surface area contributed by atoms with Crippen molar-refractivity contribution in [2.45, 2.75) is 44.1 Å². The summed E-state index contributed by atoms with van der Waals surface area (Å²) in [6.07, 6.45) is 3.38. The van der Waals surface area contributed by atoms with Gasteiger partial charge in [0, 0.05) is 24.8 Å². The van der Waals surface area contributed by atoms with Crippen molar-refractivity contribution in [1.29, 1.82) is 0 Å². The summed E-state index contributed by atoms with van der Waals surface area (Å²) < 4.78 is 39.8. The summed E-state index contributed by atoms with van der Waals surface area (Å²) in [5.41, 5.74) is 0.211. The van der Waals surface area contributed by atoms with E-state index in [2.05, 4.69) is 0 Å². The average Bonchev–Trinajstić information content (AvgIpc) is 2.77. The smallest absolute Gasteiger partial charge is 0.266 e. The number of aryl methyl sites for hydroxylation is 1. The Morgan fingerprint density at radius 2 is 1.80 bits per heavy atom. The molecule has 0 radical (unpaired) electrons. The van der Waals surface area contributed by atoms with Gasteiger partial charge in [-0.05, 0) is 56.2 Å². The van der Waals surface area contributed by atoms with Crippen LogP contribution in [0.2, 0.25) is 0 Å². The molecule has 2 atom stereocenters. The zero-order chi connectivity index (χ0) is 21.1. The van der Waals surface area contributed by atoms with Gasteiger partial charge in [0.15, 0.2) is 0 Å². The Morgan fingerprint density at radius 3 is 2.60 bits per heavy atom. The highest BCUT2D eigenvalue weighted by molar-refractivity contribution is 7.92. The number of anilines is 1. The molecular weight excluding hydrogens is 402 g/mol. The molecule has 0 bridgehead atoms. The van der Waals surface area contributed by atoms with Crippen molar-refractivity contribution in [2.24, 2.45) is 5.92 Å². The molecule has 4 rings (SSSR count). The first kappa shape index (κ1) is 21.2. The fraction of sp³-hybridized carbons (Fsp3) is 0.478. The fourth-order valence-electron chi connectivity index (χ4n) is 4.25. The van der Waals surface area contributed by atoms with E-state index in [0.29, 0.717) is 30.4 Å². The molecule has 2 aromatic rings. The van der Waals surface area contributed by atoms with Crippen LogP contribution in [0.4, 0.5) is 5.69 Å². The normalized spacial score (nSPS) is 21.1. The molecule has 2 aliphatic heterocycles. The predicted molar refractivity (Wildman–Crippen MR) is 116 cm³/mol. The Hall–Kier alpha value is -2.09. The zero-order valence-corrected chi connectivity index (χ0v) is 18.1. The molecule has 1 fully saturated rings. The summed E-state index contributed by atoms with van der Waals surface area (Å²) in [5, 5.41) is 11.0. The number of nitrogens with zero attached hydrogens (tertiary/aromatic N) is 1. The number of fused-ring (bicyclic) bond motifs is 1. The first-order chi connectivity index (χ1) is 14.5. The van der Waals surface area contributed by atoms with Crippen molar-refractivity contribution < 1.29 is 23.0 Å². The van der Waals surface area contributed by atoms with E-state index >= 15 is 0 Å². The van der Waals surface area contributed by atoms with E-state index < -0.39 is 15.5 Å². The number of rotatable bonds is 6. The van der Waals surface area contributed by atoms with Gasteiger partial charge in [-0.25, -0.2) is 8.42 Å². The van der Waals surface area contributed by atoms with Crippen LogP contribution < -0.4 is 9.04 Å². The largest absolute Gasteiger partial charge is 0.493 e. The molecule has 0 saturated carbocycles. The van der Waals surface area contributed by atoms with E-state index in [1.807, 2.05) is 31.2 Å². The molecule has 2 aromatic carbocycles. The van der Waals surface area contributed by atoms with E-state index in [1.54, 1.807) is 24.3 Å². The summed E-state index contributed by atoms with van der Waals surface area (Å²) in [5.74, 6) is 0.785. The molecule has 0 amide bonds. The highest BCUT2D eigenvalue weighted by Crippen LogP contribution is 2.38. The molecule has 0 aromatic heterocycles. The third-order valence-electron chi connectivity index (χ3n) is 6.02. The number of aliphatic hydroxyl groups excluding tert-OH is 1. The molecule has 0 spiro atoms. The number of hydrogen-bond acceptors (Lipinski definition) is 5. The summed E-state index contributed by atoms with van der Waals surface area (Å²) in [6, 6.07) is 14.1. The van der Waals surface area contributed by atoms with Gasteiger partial charge < -0.3 is 14.6 Å². The van der Waals surface area contributed by atoms with E-state index in [1.165, 1.54) is 4.31 Å². The minimum atomic E-state index is -4.05. The van der Waals surface area contributed by atoms with Crippen LogP contribution in [0.5, 0.6) is 5.75 Å². The van der Waals surface area contributed by atoms with Gasteiger partial charge in [-0.15, -0.1) is 0 Å². The molecule has 162 valence electrons. The van der Waals surface area contributed by atoms with Gasteiger partial charge in [0.2, 0.25) is 5.44 Å². The van der Waals surface area contributed by atoms with Crippen LogP contribution in [0.15, 0.2) is 48.5 Å². The van der Waals surface area contributed by atoms with Crippen molar-refractivity contribution in [3.05, 3.63) is 59.7 Å². The van der Waals surface area contributed by atoms with Gasteiger partial charge >= 0.3 is 0 Å². The summed E-state index contributed by atoms with van der Waals surface area (Å²) in [7, 11) is -4.05. The lowest BCUT2D eigenvalue weighted by Gasteiger charge is -2.37. The lowest BCUT2D eigenvalue weighted by Crippen LogP contribution is -2.44. The fourth-order valence-corrected chi connectivity index (χ4v) is 6.04. The monoisotopic (exact) mass is 431 g/mol. The number of para-hydroxylation sites is 2. The summed E-state index contributed by atoms with van der Waals surface area (Å²) in [6.45, 7) is 3.81. The minimum absolute atomic E-state index is 0.227. The second-order valence-corrected chi connectivity index (χ2v) is 9.98. The van der Waals surface area contributed by atoms with Gasteiger partial charge in [-0.2, -0.15) is 0 Å². The molecule has 6 nitrogen and oxygen atoms in total. The van der Waals surface area contributed by atoms with Gasteiger partial charge in [0.1, 0.15) is 5.75 Å². The quantitative estimate of drug-likeness (QED) is 0.756. The SMILES string of the molecule is CC1CCc2ccccc2N1S(=O)(=O)C(O)c1ccccc1OCC1CCOCC1. The van der Waals surface area contributed by atoms with Crippen LogP contribution in [-0.4, -0.2) is 39.4 Å². The molecule has 7 heteroatoms. The number of ether oxygens (including phenoxy) is 2. The Morgan fingerprint density at radius 1 is 1.10 bits per heavy atom. The molecule has 2 heterocycles. The number of aliphatic hydroxyl groups is 1. The maximum Gasteiger partial charge on any atom is 0.266 e. The number of sulfonamides is 1. The van der Waals surface area contributed by atoms with Crippen molar-refractivity contribution in [3.8, 4) is 5.75 Å². The molecule has 1 saturated heterocycles. The molecule has 1 N–H and O–H groups in total. The lowest BCUT2D eigenvalue weighted by molar-refractivity contribution is 0.0493. The number of hydrogen-bond donors (Lipinski definition) is 1. The Labute approximate surface area is 178 Å². The van der Waals surface area contributed by atoms with Crippen molar-refractivity contribution >= 4 is 15.7 Å². The second kappa shape index (κ2) is 8.96. The minimum Gasteiger partial charge on any atom is -0.493 e. The third-order valence-corrected chi connectivity index (χ3v) is 7.94. The maximum absolute atomic E-state index is 13.5. The standard InChI is InChI=1S/C23H29NO5S/c1-17-10-11-19-6-2-4-8-21(19)24(17)30(26,27)23(25)20-7-3-5-9-22(20)29-16-18-12-14-28-15-13-18/h2-9,17-18,23,25H,10-16H2,1H3. The van der Waals surface area contributed by atoms with Gasteiger partial charge in [-0.1, -0.05) is 36.4 Å². The van der Waals surface area contributed by atoms with Crippen LogP contribution in [0.3, 0.4) is 0 Å². The topological polar surface area (TPSA) is 76.1 Å². The summed E-state index contributed by atoms with van der Waals surface area (Å²) in [4.78, 5) is 0. The molecule has 2 aliphatic rings. The van der Waals surface area contributed by atoms with Crippen LogP contribution in [0.25, 0.3) is 0 Å². The van der Waals surface area contributed by atoms with Crippen molar-refractivity contribution in [1.82, 2.24) is 0 Å². The second-order valence-electron chi connectivity index (χ2n) is 8.11. The average molecular weight is 432 g/mol. The van der Waals surface area contributed by atoms with Crippen LogP contribution in [0.1, 0.15) is 42.7 Å². The first-order valence-electron chi connectivity index (χ1n) is 10.6. The van der Waals surface area contributed by atoms with Crippen molar-refractivity contribution in [3.63, 3.8) is 0 Å². The maximum atomic E-state index is 13.5. The van der Waals surface area contributed by atoms with Crippen LogP contribution in [0, 0.1) is 5.92 Å². The first-order valence-corrected chi connectivity index (χ1v) is 12.1. The lowest BCUT2D eigenvalue weighted by atomic mass is 9.99. The highest BCUT2D eigenvalue weighted by Gasteiger charge is 2.39. The molecular formula is C23H29NO5S. The Kier molecular flexibility index (Phi) is 6.32. The van der Waals surface area contributed by atoms with E-state index in [4.69, 9.17) is 9.47 Å². The van der Waals surface area contributed by atoms with Gasteiger partial charge in [0.05, 0.1) is 12.3 Å². The van der Waals surface area contributed by atoms with E-state index in [0.717, 1.165) is 38.0 Å². The molecule has 0 aliphatic carbocycles. The molecule has 30 heavy (non-hydrogen) atoms. The number of benzene rings is 2. The molecule has 2 unspecified atom stereocenters. The summed E-state index contributed by atoms with van der Waals surface area (Å²) >= 11 is 0. The highest BCUT2D eigenvalue weighted by atomic mass is 32.2. The van der Waals surface area contributed by atoms with E-state index in [-0.39, 0.29) is 11.6 Å². The van der Waals surface area contributed by atoms with Crippen molar-refractivity contribution in [2.75, 3.05) is 24.1 Å². The van der Waals surface area contributed by atoms with Gasteiger partial charge in [-0.3, -0.25) is 4.31 Å². The van der Waals surface area contributed by atoms with Crippen LogP contribution in [-0.2, 0) is 21.2 Å². The zero-order valence-electron chi connectivity index (χ0n) is 17.2.